The summed E-state index contributed by atoms with van der Waals surface area (Å²) in [7, 11) is 3.24. The Labute approximate surface area is 234 Å². The molecule has 0 saturated carbocycles. The summed E-state index contributed by atoms with van der Waals surface area (Å²) in [6, 6.07) is 16.6. The number of fused-ring (bicyclic) bond motifs is 2. The minimum absolute atomic E-state index is 0.132. The van der Waals surface area contributed by atoms with E-state index in [4.69, 9.17) is 0 Å². The van der Waals surface area contributed by atoms with E-state index in [0.29, 0.717) is 12.2 Å². The quantitative estimate of drug-likeness (QED) is 0.466. The highest BCUT2D eigenvalue weighted by molar-refractivity contribution is 5.72. The Kier molecular flexibility index (Phi) is 8.40. The summed E-state index contributed by atoms with van der Waals surface area (Å²) in [5.41, 5.74) is 5.57. The molecule has 1 N–H and O–H groups in total. The number of benzene rings is 2. The van der Waals surface area contributed by atoms with Crippen molar-refractivity contribution in [2.75, 3.05) is 49.1 Å². The maximum Gasteiger partial charge on any atom is 0.332 e. The molecule has 3 aromatic rings. The molecule has 212 valence electrons. The molecule has 1 saturated heterocycles. The molecule has 2 aliphatic heterocycles. The number of hydrogen-bond acceptors (Lipinski definition) is 6. The third-order valence-electron chi connectivity index (χ3n) is 8.28. The van der Waals surface area contributed by atoms with Crippen LogP contribution in [0.5, 0.6) is 0 Å². The van der Waals surface area contributed by atoms with Crippen LogP contribution in [0.2, 0.25) is 0 Å². The molecule has 40 heavy (non-hydrogen) atoms. The van der Waals surface area contributed by atoms with E-state index < -0.39 is 5.97 Å². The minimum atomic E-state index is -0.773. The molecule has 2 aliphatic rings. The van der Waals surface area contributed by atoms with Crippen LogP contribution >= 0.6 is 0 Å². The van der Waals surface area contributed by atoms with Gasteiger partial charge < -0.3 is 19.8 Å². The molecule has 5 rings (SSSR count). The SMILES string of the molecule is Cn1c(N2CCCN(CCCN3c4ccccc4CCc4ccc(CCC(=O)O)cc43)CC2)cc(=O)n(C)c1=O. The van der Waals surface area contributed by atoms with Crippen molar-refractivity contribution in [1.82, 2.24) is 14.0 Å². The largest absolute Gasteiger partial charge is 0.481 e. The third kappa shape index (κ3) is 5.99. The van der Waals surface area contributed by atoms with Gasteiger partial charge in [-0.1, -0.05) is 30.3 Å². The van der Waals surface area contributed by atoms with Gasteiger partial charge in [-0.3, -0.25) is 18.7 Å². The molecular formula is C31H39N5O4. The van der Waals surface area contributed by atoms with Crippen LogP contribution in [0.3, 0.4) is 0 Å². The number of carboxylic acids is 1. The summed E-state index contributed by atoms with van der Waals surface area (Å²) in [6.45, 7) is 5.25. The standard InChI is InChI=1S/C31H39N5O4/c1-32-28(22-29(37)33(2)31(32)40)35-17-5-15-34(19-20-35)16-6-18-36-26-8-4-3-7-24(26)12-13-25-11-9-23(21-27(25)36)10-14-30(38)39/h3-4,7-9,11,21-22H,5-6,10,12-20H2,1-2H3,(H,38,39). The van der Waals surface area contributed by atoms with Gasteiger partial charge >= 0.3 is 11.7 Å². The monoisotopic (exact) mass is 545 g/mol. The number of aryl methyl sites for hydroxylation is 3. The summed E-state index contributed by atoms with van der Waals surface area (Å²) in [4.78, 5) is 42.9. The Hall–Kier alpha value is -3.85. The first-order valence-corrected chi connectivity index (χ1v) is 14.2. The molecule has 0 bridgehead atoms. The van der Waals surface area contributed by atoms with Gasteiger partial charge in [0.15, 0.2) is 0 Å². The van der Waals surface area contributed by atoms with Crippen molar-refractivity contribution in [1.29, 1.82) is 0 Å². The van der Waals surface area contributed by atoms with Crippen molar-refractivity contribution >= 4 is 23.2 Å². The lowest BCUT2D eigenvalue weighted by Crippen LogP contribution is -2.41. The number of anilines is 3. The summed E-state index contributed by atoms with van der Waals surface area (Å²) < 4.78 is 2.71. The number of rotatable bonds is 8. The lowest BCUT2D eigenvalue weighted by atomic mass is 10.0. The van der Waals surface area contributed by atoms with E-state index in [2.05, 4.69) is 57.2 Å². The Balaban J connectivity index is 1.28. The molecule has 1 fully saturated rings. The molecule has 0 radical (unpaired) electrons. The van der Waals surface area contributed by atoms with Gasteiger partial charge in [0.2, 0.25) is 0 Å². The molecule has 0 aliphatic carbocycles. The lowest BCUT2D eigenvalue weighted by Gasteiger charge is -2.29. The molecule has 0 spiro atoms. The number of aromatic nitrogens is 2. The van der Waals surface area contributed by atoms with Crippen LogP contribution in [-0.2, 0) is 38.2 Å². The van der Waals surface area contributed by atoms with Crippen LogP contribution in [0.25, 0.3) is 0 Å². The van der Waals surface area contributed by atoms with Gasteiger partial charge in [0, 0.05) is 64.1 Å². The van der Waals surface area contributed by atoms with Gasteiger partial charge in [-0.15, -0.1) is 0 Å². The lowest BCUT2D eigenvalue weighted by molar-refractivity contribution is -0.136. The Morgan fingerprint density at radius 3 is 2.42 bits per heavy atom. The summed E-state index contributed by atoms with van der Waals surface area (Å²) in [6.07, 6.45) is 4.56. The topological polar surface area (TPSA) is 91.0 Å². The Bertz CT molecular complexity index is 1490. The predicted molar refractivity (Wildman–Crippen MR) is 158 cm³/mol. The van der Waals surface area contributed by atoms with Gasteiger partial charge in [-0.05, 0) is 74.0 Å². The second kappa shape index (κ2) is 12.1. The normalized spacial score (nSPS) is 15.8. The van der Waals surface area contributed by atoms with E-state index in [0.717, 1.165) is 75.1 Å². The zero-order chi connectivity index (χ0) is 28.2. The van der Waals surface area contributed by atoms with Crippen LogP contribution in [-0.4, -0.2) is 64.4 Å². The highest BCUT2D eigenvalue weighted by Crippen LogP contribution is 2.37. The highest BCUT2D eigenvalue weighted by Gasteiger charge is 2.22. The molecule has 1 aromatic heterocycles. The van der Waals surface area contributed by atoms with Crippen LogP contribution in [0.4, 0.5) is 17.2 Å². The van der Waals surface area contributed by atoms with E-state index in [-0.39, 0.29) is 17.7 Å². The van der Waals surface area contributed by atoms with Gasteiger partial charge in [0.25, 0.3) is 5.56 Å². The number of para-hydroxylation sites is 1. The second-order valence-corrected chi connectivity index (χ2v) is 10.9. The van der Waals surface area contributed by atoms with Crippen molar-refractivity contribution in [2.24, 2.45) is 14.1 Å². The maximum absolute atomic E-state index is 12.4. The zero-order valence-electron chi connectivity index (χ0n) is 23.5. The fraction of sp³-hybridized carbons (Fsp3) is 0.452. The molecule has 9 nitrogen and oxygen atoms in total. The fourth-order valence-corrected chi connectivity index (χ4v) is 6.01. The number of nitrogens with zero attached hydrogens (tertiary/aromatic N) is 5. The summed E-state index contributed by atoms with van der Waals surface area (Å²) in [5.74, 6) is -0.0865. The molecule has 3 heterocycles. The first-order valence-electron chi connectivity index (χ1n) is 14.2. The van der Waals surface area contributed by atoms with Crippen molar-refractivity contribution < 1.29 is 9.90 Å². The first kappa shape index (κ1) is 27.7. The van der Waals surface area contributed by atoms with E-state index in [1.807, 2.05) is 0 Å². The second-order valence-electron chi connectivity index (χ2n) is 10.9. The molecule has 9 heteroatoms. The number of carbonyl (C=O) groups is 1. The van der Waals surface area contributed by atoms with E-state index in [1.165, 1.54) is 29.5 Å². The molecule has 2 aromatic carbocycles. The number of carboxylic acid groups (broad SMARTS) is 1. The van der Waals surface area contributed by atoms with Crippen LogP contribution in [0.15, 0.2) is 58.1 Å². The average Bonchev–Trinajstić information content (AvgIpc) is 3.28. The van der Waals surface area contributed by atoms with Crippen molar-refractivity contribution in [3.05, 3.63) is 86.1 Å². The number of aliphatic carboxylic acids is 1. The first-order chi connectivity index (χ1) is 19.3. The molecule has 0 amide bonds. The van der Waals surface area contributed by atoms with Gasteiger partial charge in [-0.2, -0.15) is 0 Å². The Morgan fingerprint density at radius 1 is 0.850 bits per heavy atom. The zero-order valence-corrected chi connectivity index (χ0v) is 23.5. The van der Waals surface area contributed by atoms with Crippen molar-refractivity contribution in [3.63, 3.8) is 0 Å². The van der Waals surface area contributed by atoms with Crippen LogP contribution in [0, 0.1) is 0 Å². The van der Waals surface area contributed by atoms with Crippen LogP contribution < -0.4 is 21.0 Å². The number of hydrogen-bond donors (Lipinski definition) is 1. The fourth-order valence-electron chi connectivity index (χ4n) is 6.01. The van der Waals surface area contributed by atoms with Gasteiger partial charge in [0.05, 0.1) is 0 Å². The van der Waals surface area contributed by atoms with E-state index in [1.54, 1.807) is 17.7 Å². The third-order valence-corrected chi connectivity index (χ3v) is 8.28. The van der Waals surface area contributed by atoms with Gasteiger partial charge in [0.1, 0.15) is 5.82 Å². The average molecular weight is 546 g/mol. The molecular weight excluding hydrogens is 506 g/mol. The highest BCUT2D eigenvalue weighted by atomic mass is 16.4. The van der Waals surface area contributed by atoms with Crippen molar-refractivity contribution in [2.45, 2.75) is 38.5 Å². The summed E-state index contributed by atoms with van der Waals surface area (Å²) in [5, 5.41) is 9.18. The summed E-state index contributed by atoms with van der Waals surface area (Å²) >= 11 is 0. The van der Waals surface area contributed by atoms with Gasteiger partial charge in [-0.25, -0.2) is 4.79 Å². The van der Waals surface area contributed by atoms with Crippen LogP contribution in [0.1, 0.15) is 36.0 Å². The van der Waals surface area contributed by atoms with Crippen molar-refractivity contribution in [3.8, 4) is 0 Å². The molecule has 0 atom stereocenters. The molecule has 0 unspecified atom stereocenters. The van der Waals surface area contributed by atoms with E-state index >= 15 is 0 Å². The predicted octanol–water partition coefficient (Wildman–Crippen LogP) is 2.94. The minimum Gasteiger partial charge on any atom is -0.481 e. The Morgan fingerprint density at radius 2 is 1.62 bits per heavy atom. The van der Waals surface area contributed by atoms with E-state index in [9.17, 15) is 19.5 Å². The smallest absolute Gasteiger partial charge is 0.332 e. The maximum atomic E-state index is 12.4.